The molecule has 10 heteroatoms. The molecule has 2 aliphatic rings. The van der Waals surface area contributed by atoms with Crippen LogP contribution in [0.15, 0.2) is 30.7 Å². The van der Waals surface area contributed by atoms with Crippen LogP contribution in [-0.4, -0.2) is 87.1 Å². The molecular weight excluding hydrogens is 436 g/mol. The molecular formula is C24H32N6O4. The highest BCUT2D eigenvalue weighted by atomic mass is 16.3. The number of aromatic nitrogens is 2. The highest BCUT2D eigenvalue weighted by molar-refractivity contribution is 6.06. The molecule has 2 aromatic heterocycles. The zero-order valence-corrected chi connectivity index (χ0v) is 20.0. The van der Waals surface area contributed by atoms with Gasteiger partial charge in [0.15, 0.2) is 0 Å². The molecule has 0 radical (unpaired) electrons. The van der Waals surface area contributed by atoms with E-state index < -0.39 is 17.2 Å². The number of hydrogen-bond donors (Lipinski definition) is 2. The normalized spacial score (nSPS) is 22.2. The van der Waals surface area contributed by atoms with Crippen molar-refractivity contribution in [3.63, 3.8) is 0 Å². The standard InChI is InChI=1S/C24H32N6O4/c1-23(2)21(32)30(22(33)27-23)13-4-6-20(31)28(3)15-24(34)9-5-12-29(16-24)19-8-11-26-18-7-10-25-14-17(18)19/h7-8,10-11,14,34H,4-6,9,12-13,15-16H2,1-3H3,(H,27,33)/t24-/m1/s1. The summed E-state index contributed by atoms with van der Waals surface area (Å²) >= 11 is 0. The van der Waals surface area contributed by atoms with Crippen molar-refractivity contribution < 1.29 is 19.5 Å². The molecule has 34 heavy (non-hydrogen) atoms. The average molecular weight is 469 g/mol. The monoisotopic (exact) mass is 468 g/mol. The topological polar surface area (TPSA) is 119 Å². The Kier molecular flexibility index (Phi) is 6.44. The number of piperidine rings is 1. The second-order valence-electron chi connectivity index (χ2n) is 9.84. The first kappa shape index (κ1) is 23.9. The van der Waals surface area contributed by atoms with Crippen LogP contribution < -0.4 is 10.2 Å². The number of urea groups is 1. The number of carbonyl (C=O) groups excluding carboxylic acids is 3. The molecule has 0 unspecified atom stereocenters. The van der Waals surface area contributed by atoms with Gasteiger partial charge in [-0.05, 0) is 45.2 Å². The van der Waals surface area contributed by atoms with Crippen molar-refractivity contribution in [1.82, 2.24) is 25.1 Å². The van der Waals surface area contributed by atoms with Gasteiger partial charge in [-0.3, -0.25) is 24.5 Å². The molecule has 0 aromatic carbocycles. The van der Waals surface area contributed by atoms with Crippen LogP contribution in [0.1, 0.15) is 39.5 Å². The predicted octanol–water partition coefficient (Wildman–Crippen LogP) is 1.53. The number of nitrogens with zero attached hydrogens (tertiary/aromatic N) is 5. The number of hydrogen-bond acceptors (Lipinski definition) is 7. The fourth-order valence-corrected chi connectivity index (χ4v) is 4.83. The first-order chi connectivity index (χ1) is 16.1. The van der Waals surface area contributed by atoms with Gasteiger partial charge in [0.25, 0.3) is 5.91 Å². The summed E-state index contributed by atoms with van der Waals surface area (Å²) in [6.07, 6.45) is 7.21. The second-order valence-corrected chi connectivity index (χ2v) is 9.84. The maximum atomic E-state index is 12.7. The third-order valence-corrected chi connectivity index (χ3v) is 6.59. The number of fused-ring (bicyclic) bond motifs is 1. The van der Waals surface area contributed by atoms with Crippen molar-refractivity contribution >= 4 is 34.4 Å². The quantitative estimate of drug-likeness (QED) is 0.592. The van der Waals surface area contributed by atoms with Crippen LogP contribution in [-0.2, 0) is 9.59 Å². The number of aliphatic hydroxyl groups is 1. The molecule has 2 aliphatic heterocycles. The van der Waals surface area contributed by atoms with Crippen LogP contribution in [0.2, 0.25) is 0 Å². The van der Waals surface area contributed by atoms with Crippen molar-refractivity contribution in [3.05, 3.63) is 30.7 Å². The van der Waals surface area contributed by atoms with Gasteiger partial charge in [0.05, 0.1) is 17.7 Å². The first-order valence-electron chi connectivity index (χ1n) is 11.6. The lowest BCUT2D eigenvalue weighted by atomic mass is 9.91. The number of carbonyl (C=O) groups is 3. The number of amides is 4. The largest absolute Gasteiger partial charge is 0.386 e. The Labute approximate surface area is 198 Å². The maximum Gasteiger partial charge on any atom is 0.325 e. The maximum absolute atomic E-state index is 12.7. The van der Waals surface area contributed by atoms with Crippen molar-refractivity contribution in [2.24, 2.45) is 0 Å². The molecule has 2 aromatic rings. The fraction of sp³-hybridized carbons (Fsp3) is 0.542. The number of pyridine rings is 2. The highest BCUT2D eigenvalue weighted by Gasteiger charge is 2.44. The Hall–Kier alpha value is -3.27. The first-order valence-corrected chi connectivity index (χ1v) is 11.6. The number of imide groups is 1. The van der Waals surface area contributed by atoms with Gasteiger partial charge < -0.3 is 20.2 Å². The van der Waals surface area contributed by atoms with Gasteiger partial charge in [-0.15, -0.1) is 0 Å². The zero-order chi connectivity index (χ0) is 24.5. The summed E-state index contributed by atoms with van der Waals surface area (Å²) in [6, 6.07) is 3.37. The lowest BCUT2D eigenvalue weighted by Crippen LogP contribution is -2.54. The van der Waals surface area contributed by atoms with Gasteiger partial charge in [-0.25, -0.2) is 4.79 Å². The molecule has 10 nitrogen and oxygen atoms in total. The van der Waals surface area contributed by atoms with Crippen LogP contribution in [0.4, 0.5) is 10.5 Å². The Morgan fingerprint density at radius 2 is 2.06 bits per heavy atom. The predicted molar refractivity (Wildman–Crippen MR) is 127 cm³/mol. The van der Waals surface area contributed by atoms with Crippen LogP contribution in [0.25, 0.3) is 10.9 Å². The summed E-state index contributed by atoms with van der Waals surface area (Å²) in [5, 5.41) is 14.9. The van der Waals surface area contributed by atoms with Crippen molar-refractivity contribution in [2.75, 3.05) is 38.1 Å². The van der Waals surface area contributed by atoms with E-state index in [1.54, 1.807) is 44.4 Å². The average Bonchev–Trinajstić information content (AvgIpc) is 2.99. The lowest BCUT2D eigenvalue weighted by Gasteiger charge is -2.42. The molecule has 2 N–H and O–H groups in total. The summed E-state index contributed by atoms with van der Waals surface area (Å²) in [7, 11) is 1.68. The Morgan fingerprint density at radius 3 is 2.79 bits per heavy atom. The molecule has 2 saturated heterocycles. The SMILES string of the molecule is CN(C[C@]1(O)CCCN(c2ccnc3ccncc23)C1)C(=O)CCCN1C(=O)NC(C)(C)C1=O. The lowest BCUT2D eigenvalue weighted by molar-refractivity contribution is -0.134. The minimum atomic E-state index is -1.05. The van der Waals surface area contributed by atoms with Crippen molar-refractivity contribution in [2.45, 2.75) is 50.7 Å². The third kappa shape index (κ3) is 4.82. The van der Waals surface area contributed by atoms with E-state index in [0.717, 1.165) is 34.5 Å². The second kappa shape index (κ2) is 9.17. The van der Waals surface area contributed by atoms with Gasteiger partial charge in [0.1, 0.15) is 5.54 Å². The van der Waals surface area contributed by atoms with Gasteiger partial charge in [-0.1, -0.05) is 0 Å². The number of β-amino-alcohol motifs (C(OH)–C–C–N with tert-alkyl or cyclic N) is 1. The van der Waals surface area contributed by atoms with E-state index in [9.17, 15) is 19.5 Å². The number of rotatable bonds is 7. The van der Waals surface area contributed by atoms with Crippen LogP contribution in [0.3, 0.4) is 0 Å². The Balaban J connectivity index is 1.34. The zero-order valence-electron chi connectivity index (χ0n) is 20.0. The molecule has 0 aliphatic carbocycles. The molecule has 4 heterocycles. The third-order valence-electron chi connectivity index (χ3n) is 6.59. The summed E-state index contributed by atoms with van der Waals surface area (Å²) in [6.45, 7) is 4.91. The molecule has 4 amide bonds. The number of likely N-dealkylation sites (N-methyl/N-ethyl adjacent to an activating group) is 1. The molecule has 4 rings (SSSR count). The van der Waals surface area contributed by atoms with E-state index >= 15 is 0 Å². The van der Waals surface area contributed by atoms with Crippen LogP contribution >= 0.6 is 0 Å². The van der Waals surface area contributed by atoms with Gasteiger partial charge in [0.2, 0.25) is 5.91 Å². The highest BCUT2D eigenvalue weighted by Crippen LogP contribution is 2.31. The van der Waals surface area contributed by atoms with E-state index in [1.807, 2.05) is 12.1 Å². The smallest absolute Gasteiger partial charge is 0.325 e. The van der Waals surface area contributed by atoms with Crippen molar-refractivity contribution in [3.8, 4) is 0 Å². The molecule has 0 spiro atoms. The molecule has 0 saturated carbocycles. The molecule has 1 atom stereocenters. The summed E-state index contributed by atoms with van der Waals surface area (Å²) in [5.41, 5.74) is -0.136. The Morgan fingerprint density at radius 1 is 1.26 bits per heavy atom. The summed E-state index contributed by atoms with van der Waals surface area (Å²) in [5.74, 6) is -0.413. The fourth-order valence-electron chi connectivity index (χ4n) is 4.83. The number of nitrogens with one attached hydrogen (secondary N) is 1. The summed E-state index contributed by atoms with van der Waals surface area (Å²) < 4.78 is 0. The Bertz CT molecular complexity index is 1100. The van der Waals surface area contributed by atoms with Crippen LogP contribution in [0.5, 0.6) is 0 Å². The van der Waals surface area contributed by atoms with Crippen molar-refractivity contribution in [1.29, 1.82) is 0 Å². The van der Waals surface area contributed by atoms with E-state index in [4.69, 9.17) is 0 Å². The molecule has 182 valence electrons. The van der Waals surface area contributed by atoms with E-state index in [2.05, 4.69) is 20.2 Å². The molecule has 0 bridgehead atoms. The minimum absolute atomic E-state index is 0.129. The van der Waals surface area contributed by atoms with Gasteiger partial charge in [0, 0.05) is 62.8 Å². The van der Waals surface area contributed by atoms with Gasteiger partial charge in [-0.2, -0.15) is 0 Å². The van der Waals surface area contributed by atoms with Crippen LogP contribution in [0, 0.1) is 0 Å². The van der Waals surface area contributed by atoms with E-state index in [0.29, 0.717) is 19.4 Å². The molecule has 2 fully saturated rings. The number of anilines is 1. The minimum Gasteiger partial charge on any atom is -0.386 e. The van der Waals surface area contributed by atoms with E-state index in [-0.39, 0.29) is 31.3 Å². The van der Waals surface area contributed by atoms with Gasteiger partial charge >= 0.3 is 6.03 Å². The van der Waals surface area contributed by atoms with E-state index in [1.165, 1.54) is 0 Å². The summed E-state index contributed by atoms with van der Waals surface area (Å²) in [4.78, 5) is 50.5.